The molecular formula is C56H82F3N3O11. The summed E-state index contributed by atoms with van der Waals surface area (Å²) >= 11 is 0. The van der Waals surface area contributed by atoms with Crippen LogP contribution >= 0.6 is 0 Å². The number of amides is 1. The number of hydrogen-bond acceptors (Lipinski definition) is 13. The van der Waals surface area contributed by atoms with Gasteiger partial charge in [0.2, 0.25) is 5.79 Å². The molecule has 5 rings (SSSR count). The number of carbonyl (C=O) groups is 4. The molecule has 1 aliphatic carbocycles. The Balaban J connectivity index is 1.49. The van der Waals surface area contributed by atoms with Gasteiger partial charge in [-0.05, 0) is 145 Å². The van der Waals surface area contributed by atoms with Crippen LogP contribution in [0.15, 0.2) is 71.9 Å². The number of allylic oxidation sites excluding steroid dienone is 5. The molecule has 6 N–H and O–H groups in total. The summed E-state index contributed by atoms with van der Waals surface area (Å²) in [4.78, 5) is 58.3. The number of ether oxygens (including phenoxy) is 4. The number of ketones is 2. The number of hydrogen-bond donors (Lipinski definition) is 5. The zero-order valence-electron chi connectivity index (χ0n) is 44.0. The maximum Gasteiger partial charge on any atom is 0.416 e. The highest BCUT2D eigenvalue weighted by molar-refractivity contribution is 6.39. The van der Waals surface area contributed by atoms with Crippen molar-refractivity contribution < 1.29 is 66.6 Å². The Kier molecular flexibility index (Phi) is 22.1. The Morgan fingerprint density at radius 1 is 0.877 bits per heavy atom. The van der Waals surface area contributed by atoms with Crippen molar-refractivity contribution in [2.75, 3.05) is 26.1 Å². The summed E-state index contributed by atoms with van der Waals surface area (Å²) in [6, 6.07) is 2.30. The summed E-state index contributed by atoms with van der Waals surface area (Å²) in [5.74, 6) is -7.14. The monoisotopic (exact) mass is 1030 g/mol. The van der Waals surface area contributed by atoms with Gasteiger partial charge in [-0.1, -0.05) is 69.7 Å². The molecule has 2 bridgehead atoms. The number of aliphatic hydroxyl groups excluding tert-OH is 2. The lowest BCUT2D eigenvalue weighted by Gasteiger charge is -2.43. The molecule has 73 heavy (non-hydrogen) atoms. The molecule has 0 spiro atoms. The highest BCUT2D eigenvalue weighted by Gasteiger charge is 2.53. The first kappa shape index (κ1) is 59.6. The molecule has 4 aliphatic rings. The summed E-state index contributed by atoms with van der Waals surface area (Å²) in [6.45, 7) is 11.0. The second-order valence-corrected chi connectivity index (χ2v) is 21.4. The smallest absolute Gasteiger partial charge is 0.416 e. The van der Waals surface area contributed by atoms with Gasteiger partial charge in [-0.3, -0.25) is 14.4 Å². The first-order valence-electron chi connectivity index (χ1n) is 26.3. The van der Waals surface area contributed by atoms with Crippen LogP contribution in [0.1, 0.15) is 131 Å². The number of carbonyl (C=O) groups excluding carboxylic acids is 4. The fourth-order valence-corrected chi connectivity index (χ4v) is 11.0. The van der Waals surface area contributed by atoms with E-state index < -0.39 is 95.7 Å². The average Bonchev–Trinajstić information content (AvgIpc) is 3.35. The number of methoxy groups -OCH3 is 2. The lowest BCUT2D eigenvalue weighted by Crippen LogP contribution is -2.61. The largest absolute Gasteiger partial charge is 0.461 e. The molecule has 0 radical (unpaired) electrons. The molecule has 1 saturated carbocycles. The molecule has 1 aromatic carbocycles. The Morgan fingerprint density at radius 2 is 1.59 bits per heavy atom. The van der Waals surface area contributed by atoms with Crippen molar-refractivity contribution in [1.82, 2.24) is 4.90 Å². The summed E-state index contributed by atoms with van der Waals surface area (Å²) in [5.41, 5.74) is 7.47. The van der Waals surface area contributed by atoms with Crippen LogP contribution in [0.25, 0.3) is 0 Å². The predicted octanol–water partition coefficient (Wildman–Crippen LogP) is 8.18. The molecule has 408 valence electrons. The van der Waals surface area contributed by atoms with E-state index in [1.165, 1.54) is 24.1 Å². The molecule has 17 heteroatoms. The number of nitrogens with two attached hydrogens (primary N) is 1. The highest BCUT2D eigenvalue weighted by atomic mass is 19.4. The maximum absolute atomic E-state index is 14.5. The molecule has 3 heterocycles. The van der Waals surface area contributed by atoms with E-state index in [0.717, 1.165) is 24.1 Å². The zero-order valence-corrected chi connectivity index (χ0v) is 44.0. The maximum atomic E-state index is 14.5. The van der Waals surface area contributed by atoms with Crippen molar-refractivity contribution in [3.05, 3.63) is 77.4 Å². The number of alkyl halides is 3. The van der Waals surface area contributed by atoms with Crippen LogP contribution < -0.4 is 11.1 Å². The standard InChI is InChI=1S/C56H82F3N3O11/c1-33-14-10-9-11-15-34(2)44(61-42-22-19-40(20-23-42)56(57,58)59)32-43-24-17-38(6)55(69,73-43)52(66)53(67)62-27-13-12-16-45(62)54(68)72-47(35(3)29-39-18-25-46(63)48(31-39)70-7)26-21-41(60)30-37(5)50(65)51(71-8)49(64)36(4)28-33/h9-11,14-15,19-20,22-23,30,33,35-36,38-39,41,43-48,50-51,61,63,65,69H,12-13,16-18,21,24-29,31-32,60H2,1-8H3/b11-9+,14-10+,34-15+,37-30+/t33-,35-,36?,38?,39?,41+,43+,44-,45?,46-,47+,48?,50?,51+,55?/m1/s1. The number of halogens is 3. The van der Waals surface area contributed by atoms with E-state index in [2.05, 4.69) is 5.32 Å². The highest BCUT2D eigenvalue weighted by Crippen LogP contribution is 2.38. The summed E-state index contributed by atoms with van der Waals surface area (Å²) in [6.07, 6.45) is 7.42. The quantitative estimate of drug-likeness (QED) is 0.0994. The third-order valence-electron chi connectivity index (χ3n) is 15.6. The normalized spacial score (nSPS) is 37.4. The summed E-state index contributed by atoms with van der Waals surface area (Å²) in [5, 5.41) is 37.5. The van der Waals surface area contributed by atoms with E-state index in [0.29, 0.717) is 75.5 Å². The second-order valence-electron chi connectivity index (χ2n) is 21.4. The minimum absolute atomic E-state index is 0.0472. The van der Waals surface area contributed by atoms with E-state index in [-0.39, 0.29) is 49.0 Å². The van der Waals surface area contributed by atoms with E-state index in [4.69, 9.17) is 24.7 Å². The lowest BCUT2D eigenvalue weighted by atomic mass is 9.78. The summed E-state index contributed by atoms with van der Waals surface area (Å²) in [7, 11) is 2.95. The molecule has 2 saturated heterocycles. The summed E-state index contributed by atoms with van der Waals surface area (Å²) < 4.78 is 64.3. The fraction of sp³-hybridized carbons (Fsp3) is 0.679. The lowest BCUT2D eigenvalue weighted by molar-refractivity contribution is -0.263. The molecule has 1 amide bonds. The van der Waals surface area contributed by atoms with Gasteiger partial charge in [0.1, 0.15) is 24.4 Å². The first-order valence-corrected chi connectivity index (χ1v) is 26.3. The number of piperidine rings is 1. The number of nitrogens with zero attached hydrogens (tertiary/aromatic N) is 1. The van der Waals surface area contributed by atoms with Gasteiger partial charge in [-0.25, -0.2) is 4.79 Å². The van der Waals surface area contributed by atoms with Crippen molar-refractivity contribution in [3.63, 3.8) is 0 Å². The number of Topliss-reactive ketones (excluding diaryl/α,β-unsaturated/α-hetero) is 2. The Bertz CT molecular complexity index is 2130. The van der Waals surface area contributed by atoms with E-state index in [9.17, 15) is 47.7 Å². The van der Waals surface area contributed by atoms with Gasteiger partial charge in [-0.15, -0.1) is 0 Å². The van der Waals surface area contributed by atoms with Crippen molar-refractivity contribution in [2.24, 2.45) is 35.3 Å². The number of esters is 1. The van der Waals surface area contributed by atoms with Crippen LogP contribution in [0.4, 0.5) is 18.9 Å². The molecule has 15 atom stereocenters. The molecule has 14 nitrogen and oxygen atoms in total. The molecule has 7 unspecified atom stereocenters. The number of fused-ring (bicyclic) bond motifs is 3. The first-order chi connectivity index (χ1) is 34.5. The molecular weight excluding hydrogens is 948 g/mol. The number of anilines is 1. The van der Waals surface area contributed by atoms with Crippen molar-refractivity contribution >= 4 is 29.1 Å². The van der Waals surface area contributed by atoms with Crippen LogP contribution in [-0.4, -0.2) is 125 Å². The van der Waals surface area contributed by atoms with Gasteiger partial charge in [0.15, 0.2) is 5.78 Å². The molecule has 1 aromatic rings. The van der Waals surface area contributed by atoms with Crippen LogP contribution in [-0.2, 0) is 44.3 Å². The van der Waals surface area contributed by atoms with Crippen LogP contribution in [0.3, 0.4) is 0 Å². The molecule has 3 aliphatic heterocycles. The van der Waals surface area contributed by atoms with Gasteiger partial charge in [0.25, 0.3) is 11.7 Å². The minimum Gasteiger partial charge on any atom is -0.461 e. The zero-order chi connectivity index (χ0) is 53.8. The fourth-order valence-electron chi connectivity index (χ4n) is 11.0. The SMILES string of the molecule is COC1CC(C[C@@H](C)[C@@H]2CC[C@H](N)/C=C(\C)C(O)[C@@H](OC)C(=O)C(C)C[C@H](C)/C=C/C=C/C=C(\C)[C@H](Nc3ccc(C(F)(F)F)cc3)C[C@@H]3CCC(C)C(O)(O3)C(=O)C(=O)N3CCCCC3C(=O)O2)CC[C@H]1O. The van der Waals surface area contributed by atoms with E-state index in [1.54, 1.807) is 40.0 Å². The molecule has 0 aromatic heterocycles. The van der Waals surface area contributed by atoms with Gasteiger partial charge in [0.05, 0.1) is 23.9 Å². The Morgan fingerprint density at radius 3 is 2.26 bits per heavy atom. The Labute approximate surface area is 430 Å². The van der Waals surface area contributed by atoms with Crippen LogP contribution in [0, 0.1) is 29.6 Å². The number of cyclic esters (lactones) is 1. The van der Waals surface area contributed by atoms with Crippen molar-refractivity contribution in [1.29, 1.82) is 0 Å². The number of rotatable bonds is 7. The number of benzene rings is 1. The third kappa shape index (κ3) is 16.1. The van der Waals surface area contributed by atoms with Gasteiger partial charge in [0, 0.05) is 50.4 Å². The van der Waals surface area contributed by atoms with E-state index in [1.807, 2.05) is 45.1 Å². The Hall–Kier alpha value is -4.23. The van der Waals surface area contributed by atoms with Gasteiger partial charge in [-0.2, -0.15) is 13.2 Å². The van der Waals surface area contributed by atoms with Crippen molar-refractivity contribution in [2.45, 2.75) is 192 Å². The average molecular weight is 1030 g/mol. The number of nitrogens with one attached hydrogen (secondary N) is 1. The molecule has 3 fully saturated rings. The van der Waals surface area contributed by atoms with Gasteiger partial charge < -0.3 is 50.2 Å². The second kappa shape index (κ2) is 27.0. The van der Waals surface area contributed by atoms with Gasteiger partial charge >= 0.3 is 12.1 Å². The van der Waals surface area contributed by atoms with Crippen LogP contribution in [0.2, 0.25) is 0 Å². The van der Waals surface area contributed by atoms with Crippen molar-refractivity contribution in [3.8, 4) is 0 Å². The third-order valence-corrected chi connectivity index (χ3v) is 15.6. The van der Waals surface area contributed by atoms with E-state index >= 15 is 0 Å². The number of aliphatic hydroxyl groups is 3. The van der Waals surface area contributed by atoms with Crippen LogP contribution in [0.5, 0.6) is 0 Å². The topological polar surface area (TPSA) is 207 Å². The predicted molar refractivity (Wildman–Crippen MR) is 272 cm³/mol. The minimum atomic E-state index is -4.53.